The Morgan fingerprint density at radius 3 is 2.50 bits per heavy atom. The van der Waals surface area contributed by atoms with Crippen molar-refractivity contribution in [3.8, 4) is 11.6 Å². The van der Waals surface area contributed by atoms with Crippen LogP contribution in [0.25, 0.3) is 10.8 Å². The smallest absolute Gasteiger partial charge is 0.408 e. The number of alkyl carbamates (subject to hydrolysis) is 1. The third-order valence-corrected chi connectivity index (χ3v) is 13.0. The summed E-state index contributed by atoms with van der Waals surface area (Å²) in [6.07, 6.45) is 4.35. The summed E-state index contributed by atoms with van der Waals surface area (Å²) < 4.78 is 65.6. The van der Waals surface area contributed by atoms with E-state index in [1.165, 1.54) is 37.4 Å². The van der Waals surface area contributed by atoms with Crippen molar-refractivity contribution in [3.63, 3.8) is 0 Å². The molecule has 3 heterocycles. The summed E-state index contributed by atoms with van der Waals surface area (Å²) in [6.45, 7) is 7.18. The Morgan fingerprint density at radius 1 is 1.09 bits per heavy atom. The minimum absolute atomic E-state index is 0.0356. The van der Waals surface area contributed by atoms with Gasteiger partial charge >= 0.3 is 6.09 Å². The van der Waals surface area contributed by atoms with Crippen LogP contribution in [0.15, 0.2) is 24.4 Å². The van der Waals surface area contributed by atoms with Crippen LogP contribution >= 0.6 is 0 Å². The van der Waals surface area contributed by atoms with E-state index in [0.717, 1.165) is 19.3 Å². The van der Waals surface area contributed by atoms with Gasteiger partial charge in [-0.2, -0.15) is 0 Å². The molecule has 308 valence electrons. The molecule has 7 atom stereocenters. The number of hydrogen-bond acceptors (Lipinski definition) is 11. The summed E-state index contributed by atoms with van der Waals surface area (Å²) in [5, 5.41) is 5.97. The zero-order chi connectivity index (χ0) is 40.6. The first-order valence-corrected chi connectivity index (χ1v) is 20.9. The molecule has 0 bridgehead atoms. The first-order valence-electron chi connectivity index (χ1n) is 19.4. The van der Waals surface area contributed by atoms with Crippen LogP contribution in [0.1, 0.15) is 85.5 Å². The lowest BCUT2D eigenvalue weighted by atomic mass is 9.86. The number of rotatable bonds is 9. The lowest BCUT2D eigenvalue weighted by Crippen LogP contribution is -2.60. The molecule has 1 aromatic carbocycles. The van der Waals surface area contributed by atoms with Crippen molar-refractivity contribution < 1.29 is 50.9 Å². The minimum atomic E-state index is -3.92. The number of carbonyl (C=O) groups excluding carboxylic acids is 4. The Kier molecular flexibility index (Phi) is 12.1. The maximum absolute atomic E-state index is 14.9. The average Bonchev–Trinajstić information content (AvgIpc) is 4.04. The Bertz CT molecular complexity index is 1940. The van der Waals surface area contributed by atoms with Crippen LogP contribution in [-0.2, 0) is 33.9 Å². The Labute approximate surface area is 327 Å². The minimum Gasteiger partial charge on any atom is -0.494 e. The number of benzene rings is 1. The summed E-state index contributed by atoms with van der Waals surface area (Å²) in [4.78, 5) is 62.3. The zero-order valence-corrected chi connectivity index (χ0v) is 33.7. The van der Waals surface area contributed by atoms with Gasteiger partial charge in [0.1, 0.15) is 29.3 Å². The molecule has 2 aliphatic heterocycles. The zero-order valence-electron chi connectivity index (χ0n) is 32.9. The van der Waals surface area contributed by atoms with E-state index < -0.39 is 80.2 Å². The maximum atomic E-state index is 14.9. The van der Waals surface area contributed by atoms with E-state index in [1.807, 2.05) is 0 Å². The van der Waals surface area contributed by atoms with Gasteiger partial charge in [-0.25, -0.2) is 22.6 Å². The largest absolute Gasteiger partial charge is 0.494 e. The number of carbonyl (C=O) groups is 4. The number of sulfonamides is 1. The van der Waals surface area contributed by atoms with E-state index in [0.29, 0.717) is 36.5 Å². The van der Waals surface area contributed by atoms with Crippen molar-refractivity contribution in [1.82, 2.24) is 25.2 Å². The molecule has 2 aromatic rings. The molecule has 1 aromatic heterocycles. The van der Waals surface area contributed by atoms with Gasteiger partial charge < -0.3 is 34.5 Å². The summed E-state index contributed by atoms with van der Waals surface area (Å²) in [5.74, 6) is -3.29. The number of fused-ring (bicyclic) bond motifs is 3. The van der Waals surface area contributed by atoms with Gasteiger partial charge in [-0.1, -0.05) is 26.2 Å². The lowest BCUT2D eigenvalue weighted by molar-refractivity contribution is -0.142. The molecule has 15 nitrogen and oxygen atoms in total. The molecule has 4 fully saturated rings. The highest BCUT2D eigenvalue weighted by Crippen LogP contribution is 2.48. The standard InChI is InChI=1S/C39H54FN5O10S/c1-22-9-7-8-10-25-19-39(25,36(48)44-56(50,51)27-11-12-27)43-33(46)30-17-26(54-34-28-18-29(40)31(53-6)16-23(28)13-14-41-34)20-45(30)35(47)32(24(15-22)21-52-5)42-37(49)55-38(2,3)4/h13-14,16,18,22,24-27,30,32H,7-12,15,17,19-21H2,1-6H3,(H,42,49)(H,43,46)(H,44,48)/t22-,24+,25+,26-,30+,32+,39-/m1/s1. The second-order valence-corrected chi connectivity index (χ2v) is 18.8. The topological polar surface area (TPSA) is 192 Å². The highest BCUT2D eigenvalue weighted by molar-refractivity contribution is 7.91. The first-order chi connectivity index (χ1) is 26.4. The van der Waals surface area contributed by atoms with Crippen LogP contribution in [0, 0.1) is 23.6 Å². The summed E-state index contributed by atoms with van der Waals surface area (Å²) >= 11 is 0. The van der Waals surface area contributed by atoms with Gasteiger partial charge in [0.05, 0.1) is 25.5 Å². The molecule has 2 saturated heterocycles. The van der Waals surface area contributed by atoms with Crippen molar-refractivity contribution in [2.24, 2.45) is 17.8 Å². The molecule has 0 radical (unpaired) electrons. The molecule has 17 heteroatoms. The molecule has 2 saturated carbocycles. The van der Waals surface area contributed by atoms with Crippen molar-refractivity contribution in [2.45, 2.75) is 120 Å². The summed E-state index contributed by atoms with van der Waals surface area (Å²) in [6, 6.07) is 2.03. The fraction of sp³-hybridized carbons (Fsp3) is 0.667. The first kappa shape index (κ1) is 41.4. The predicted octanol–water partition coefficient (Wildman–Crippen LogP) is 3.97. The molecule has 3 N–H and O–H groups in total. The van der Waals surface area contributed by atoms with Crippen LogP contribution in [0.3, 0.4) is 0 Å². The summed E-state index contributed by atoms with van der Waals surface area (Å²) in [7, 11) is -1.04. The average molecular weight is 804 g/mol. The number of amides is 4. The van der Waals surface area contributed by atoms with Crippen LogP contribution in [0.5, 0.6) is 11.6 Å². The van der Waals surface area contributed by atoms with Gasteiger partial charge in [0.15, 0.2) is 11.6 Å². The van der Waals surface area contributed by atoms with E-state index in [-0.39, 0.29) is 49.5 Å². The van der Waals surface area contributed by atoms with E-state index in [9.17, 15) is 32.0 Å². The molecule has 2 aliphatic carbocycles. The van der Waals surface area contributed by atoms with Crippen molar-refractivity contribution in [1.29, 1.82) is 0 Å². The van der Waals surface area contributed by atoms with Crippen LogP contribution in [-0.4, -0.2) is 104 Å². The fourth-order valence-electron chi connectivity index (χ4n) is 8.11. The predicted molar refractivity (Wildman–Crippen MR) is 203 cm³/mol. The molecule has 56 heavy (non-hydrogen) atoms. The third kappa shape index (κ3) is 9.30. The lowest BCUT2D eigenvalue weighted by Gasteiger charge is -2.34. The number of pyridine rings is 1. The van der Waals surface area contributed by atoms with E-state index >= 15 is 0 Å². The highest BCUT2D eigenvalue weighted by atomic mass is 32.2. The molecule has 0 spiro atoms. The second-order valence-electron chi connectivity index (χ2n) is 16.8. The molecule has 4 aliphatic rings. The quantitative estimate of drug-likeness (QED) is 0.333. The van der Waals surface area contributed by atoms with Crippen molar-refractivity contribution >= 4 is 44.6 Å². The van der Waals surface area contributed by atoms with Gasteiger partial charge in [0.25, 0.3) is 5.91 Å². The molecule has 4 amide bonds. The molecular formula is C39H54FN5O10S. The van der Waals surface area contributed by atoms with Gasteiger partial charge in [0, 0.05) is 31.0 Å². The van der Waals surface area contributed by atoms with E-state index in [4.69, 9.17) is 18.9 Å². The number of halogens is 1. The Morgan fingerprint density at radius 2 is 1.82 bits per heavy atom. The monoisotopic (exact) mass is 803 g/mol. The number of aromatic nitrogens is 1. The normalized spacial score (nSPS) is 28.9. The van der Waals surface area contributed by atoms with Gasteiger partial charge in [-0.15, -0.1) is 0 Å². The summed E-state index contributed by atoms with van der Waals surface area (Å²) in [5.41, 5.74) is -2.36. The Hall–Kier alpha value is -4.25. The number of methoxy groups -OCH3 is 2. The van der Waals surface area contributed by atoms with Gasteiger partial charge in [-0.05, 0) is 88.3 Å². The maximum Gasteiger partial charge on any atom is 0.408 e. The van der Waals surface area contributed by atoms with Crippen molar-refractivity contribution in [3.05, 3.63) is 30.2 Å². The molecule has 0 unspecified atom stereocenters. The van der Waals surface area contributed by atoms with Crippen LogP contribution in [0.4, 0.5) is 9.18 Å². The van der Waals surface area contributed by atoms with Crippen LogP contribution in [0.2, 0.25) is 0 Å². The number of hydrogen-bond donors (Lipinski definition) is 3. The number of ether oxygens (including phenoxy) is 4. The van der Waals surface area contributed by atoms with Crippen LogP contribution < -0.4 is 24.8 Å². The van der Waals surface area contributed by atoms with Crippen molar-refractivity contribution in [2.75, 3.05) is 27.4 Å². The van der Waals surface area contributed by atoms with E-state index in [2.05, 4.69) is 27.3 Å². The third-order valence-electron chi connectivity index (χ3n) is 11.2. The molecular weight excluding hydrogens is 750 g/mol. The Balaban J connectivity index is 1.37. The number of nitrogens with one attached hydrogen (secondary N) is 3. The SMILES string of the molecule is COC[C@@H]1C[C@H](C)CCCC[C@H]2C[C@@]2(C(=O)NS(=O)(=O)C2CC2)NC(=O)[C@@H]2C[C@@H](Oc3nccc4cc(OC)c(F)cc34)CN2C(=O)[C@H]1NC(=O)OC(C)(C)C. The van der Waals surface area contributed by atoms with Gasteiger partial charge in [0.2, 0.25) is 27.7 Å². The fourth-order valence-corrected chi connectivity index (χ4v) is 9.47. The van der Waals surface area contributed by atoms with Gasteiger partial charge in [-0.3, -0.25) is 19.1 Å². The van der Waals surface area contributed by atoms with E-state index in [1.54, 1.807) is 26.8 Å². The molecule has 6 rings (SSSR count). The highest BCUT2D eigenvalue weighted by Gasteiger charge is 2.62. The number of nitrogens with zero attached hydrogens (tertiary/aromatic N) is 2. The second kappa shape index (κ2) is 16.3.